The first-order valence-electron chi connectivity index (χ1n) is 19.2. The van der Waals surface area contributed by atoms with E-state index in [2.05, 4.69) is 92.1 Å². The highest BCUT2D eigenvalue weighted by Gasteiger charge is 2.26. The molecule has 3 unspecified atom stereocenters. The summed E-state index contributed by atoms with van der Waals surface area (Å²) in [4.78, 5) is 22.5. The van der Waals surface area contributed by atoms with Gasteiger partial charge in [-0.2, -0.15) is 0 Å². The fraction of sp³-hybridized carbons (Fsp3) is 0.634. The van der Waals surface area contributed by atoms with Crippen molar-refractivity contribution in [2.24, 2.45) is 5.73 Å². The Labute approximate surface area is 305 Å². The molecule has 0 aromatic heterocycles. The average Bonchev–Trinajstić information content (AvgIpc) is 3.10. The Kier molecular flexibility index (Phi) is 34.8. The molecule has 0 rings (SSSR count). The lowest BCUT2D eigenvalue weighted by atomic mass is 10.1. The van der Waals surface area contributed by atoms with E-state index >= 15 is 0 Å². The van der Waals surface area contributed by atoms with E-state index in [-0.39, 0.29) is 25.7 Å². The number of rotatable bonds is 34. The van der Waals surface area contributed by atoms with E-state index in [1.165, 1.54) is 25.7 Å². The minimum Gasteiger partial charge on any atom is -0.387 e. The van der Waals surface area contributed by atoms with Crippen LogP contribution >= 0.6 is 7.82 Å². The molecule has 0 aliphatic heterocycles. The number of aliphatic hydroxyl groups excluding tert-OH is 1. The van der Waals surface area contributed by atoms with Gasteiger partial charge in [0.1, 0.15) is 0 Å². The molecule has 0 bridgehead atoms. The largest absolute Gasteiger partial charge is 0.472 e. The molecular formula is C41H71N2O6P. The van der Waals surface area contributed by atoms with Gasteiger partial charge < -0.3 is 21.1 Å². The second kappa shape index (κ2) is 36.5. The molecule has 3 atom stereocenters. The molecule has 286 valence electrons. The van der Waals surface area contributed by atoms with Gasteiger partial charge in [0.15, 0.2) is 0 Å². The molecule has 9 heteroatoms. The molecule has 0 aliphatic rings. The molecule has 0 spiro atoms. The number of nitrogens with two attached hydrogens (primary N) is 1. The van der Waals surface area contributed by atoms with Gasteiger partial charge in [-0.25, -0.2) is 4.57 Å². The molecule has 0 fully saturated rings. The normalized spacial score (nSPS) is 15.2. The second-order valence-electron chi connectivity index (χ2n) is 12.4. The quantitative estimate of drug-likeness (QED) is 0.0296. The van der Waals surface area contributed by atoms with Crippen molar-refractivity contribution in [2.45, 2.75) is 148 Å². The fourth-order valence-electron chi connectivity index (χ4n) is 4.84. The molecule has 0 saturated carbocycles. The third kappa shape index (κ3) is 34.1. The van der Waals surface area contributed by atoms with Crippen LogP contribution in [0.2, 0.25) is 0 Å². The zero-order valence-corrected chi connectivity index (χ0v) is 32.2. The Hall–Kier alpha value is -2.32. The van der Waals surface area contributed by atoms with Gasteiger partial charge in [-0.05, 0) is 70.6 Å². The standard InChI is InChI=1S/C41H71N2O6P/c1-3-5-7-9-11-13-14-15-16-17-18-19-20-21-22-23-24-25-26-27-29-31-33-35-41(45)43-39(38-49-50(46,47)48-37-36-42)40(44)34-32-30-28-12-10-8-6-4-2/h5,7,11,13,15-16,18-19,21-22,24-25,32,34,39-40,44H,3-4,6,8-10,12,14,17,20,23,26-31,33,35-38,42H2,1-2H3,(H,43,45)(H,46,47)/b7-5-,13-11-,16-15-,19-18-,22-21-,25-24-,34-32+. The molecule has 0 heterocycles. The number of nitrogens with one attached hydrogen (secondary N) is 1. The summed E-state index contributed by atoms with van der Waals surface area (Å²) in [5.74, 6) is -0.227. The van der Waals surface area contributed by atoms with Gasteiger partial charge in [0.05, 0.1) is 25.4 Å². The maximum atomic E-state index is 12.7. The molecule has 8 nitrogen and oxygen atoms in total. The van der Waals surface area contributed by atoms with Gasteiger partial charge in [0, 0.05) is 13.0 Å². The number of aliphatic hydroxyl groups is 1. The monoisotopic (exact) mass is 719 g/mol. The van der Waals surface area contributed by atoms with Crippen LogP contribution in [-0.4, -0.2) is 47.8 Å². The van der Waals surface area contributed by atoms with Crippen molar-refractivity contribution >= 4 is 13.7 Å². The lowest BCUT2D eigenvalue weighted by molar-refractivity contribution is -0.123. The van der Waals surface area contributed by atoms with Crippen LogP contribution < -0.4 is 11.1 Å². The Balaban J connectivity index is 4.25. The van der Waals surface area contributed by atoms with Gasteiger partial charge in [0.25, 0.3) is 0 Å². The smallest absolute Gasteiger partial charge is 0.387 e. The molecule has 0 aromatic carbocycles. The van der Waals surface area contributed by atoms with Gasteiger partial charge in [0.2, 0.25) is 5.91 Å². The minimum absolute atomic E-state index is 0.0687. The van der Waals surface area contributed by atoms with Crippen LogP contribution in [0.4, 0.5) is 0 Å². The summed E-state index contributed by atoms with van der Waals surface area (Å²) in [5.41, 5.74) is 5.34. The van der Waals surface area contributed by atoms with Crippen LogP contribution in [0, 0.1) is 0 Å². The van der Waals surface area contributed by atoms with Crippen LogP contribution in [0.3, 0.4) is 0 Å². The Bertz CT molecular complexity index is 1050. The van der Waals surface area contributed by atoms with E-state index in [9.17, 15) is 19.4 Å². The Morgan fingerprint density at radius 2 is 1.16 bits per heavy atom. The van der Waals surface area contributed by atoms with Crippen molar-refractivity contribution < 1.29 is 28.4 Å². The Morgan fingerprint density at radius 3 is 1.70 bits per heavy atom. The topological polar surface area (TPSA) is 131 Å². The van der Waals surface area contributed by atoms with Crippen molar-refractivity contribution in [3.8, 4) is 0 Å². The van der Waals surface area contributed by atoms with Gasteiger partial charge in [-0.15, -0.1) is 0 Å². The Morgan fingerprint density at radius 1 is 0.680 bits per heavy atom. The van der Waals surface area contributed by atoms with Crippen molar-refractivity contribution in [3.05, 3.63) is 85.1 Å². The zero-order chi connectivity index (χ0) is 36.8. The summed E-state index contributed by atoms with van der Waals surface area (Å²) >= 11 is 0. The summed E-state index contributed by atoms with van der Waals surface area (Å²) < 4.78 is 21.9. The molecule has 5 N–H and O–H groups in total. The summed E-state index contributed by atoms with van der Waals surface area (Å²) in [7, 11) is -4.34. The lowest BCUT2D eigenvalue weighted by Gasteiger charge is -2.23. The predicted octanol–water partition coefficient (Wildman–Crippen LogP) is 10.3. The highest BCUT2D eigenvalue weighted by Crippen LogP contribution is 2.43. The van der Waals surface area contributed by atoms with Gasteiger partial charge in [-0.3, -0.25) is 13.8 Å². The van der Waals surface area contributed by atoms with Gasteiger partial charge >= 0.3 is 7.82 Å². The van der Waals surface area contributed by atoms with Crippen molar-refractivity contribution in [3.63, 3.8) is 0 Å². The van der Waals surface area contributed by atoms with Crippen LogP contribution in [0.1, 0.15) is 136 Å². The van der Waals surface area contributed by atoms with Crippen LogP contribution in [0.25, 0.3) is 0 Å². The summed E-state index contributed by atoms with van der Waals surface area (Å²) in [5, 5.41) is 13.5. The third-order valence-corrected chi connectivity index (χ3v) is 8.71. The average molecular weight is 719 g/mol. The molecule has 0 aliphatic carbocycles. The number of hydrogen-bond donors (Lipinski definition) is 4. The summed E-state index contributed by atoms with van der Waals surface area (Å²) in [6.45, 7) is 3.92. The van der Waals surface area contributed by atoms with Crippen LogP contribution in [0.5, 0.6) is 0 Å². The number of carbonyl (C=O) groups is 1. The number of phosphoric ester groups is 1. The highest BCUT2D eigenvalue weighted by molar-refractivity contribution is 7.47. The zero-order valence-electron chi connectivity index (χ0n) is 31.3. The fourth-order valence-corrected chi connectivity index (χ4v) is 5.60. The van der Waals surface area contributed by atoms with Crippen molar-refractivity contribution in [1.82, 2.24) is 5.32 Å². The molecule has 0 aromatic rings. The maximum absolute atomic E-state index is 12.7. The van der Waals surface area contributed by atoms with Crippen molar-refractivity contribution in [2.75, 3.05) is 19.8 Å². The number of hydrogen-bond acceptors (Lipinski definition) is 6. The maximum Gasteiger partial charge on any atom is 0.472 e. The first-order valence-corrected chi connectivity index (χ1v) is 20.7. The highest BCUT2D eigenvalue weighted by atomic mass is 31.2. The van der Waals surface area contributed by atoms with Crippen molar-refractivity contribution in [1.29, 1.82) is 0 Å². The molecule has 1 amide bonds. The van der Waals surface area contributed by atoms with E-state index in [4.69, 9.17) is 14.8 Å². The number of phosphoric acid groups is 1. The predicted molar refractivity (Wildman–Crippen MR) is 212 cm³/mol. The van der Waals surface area contributed by atoms with E-state index < -0.39 is 20.0 Å². The number of unbranched alkanes of at least 4 members (excludes halogenated alkanes) is 10. The first-order chi connectivity index (χ1) is 24.4. The molecule has 0 saturated heterocycles. The second-order valence-corrected chi connectivity index (χ2v) is 13.9. The molecule has 50 heavy (non-hydrogen) atoms. The SMILES string of the molecule is CC/C=C\C/C=C\C/C=C\C/C=C\C/C=C\C/C=C\CCCCCCC(=O)NC(COP(=O)(O)OCCN)C(O)/C=C/CCCCCCCC. The van der Waals surface area contributed by atoms with Crippen LogP contribution in [-0.2, 0) is 18.4 Å². The number of carbonyl (C=O) groups excluding carboxylic acids is 1. The molecular weight excluding hydrogens is 647 g/mol. The van der Waals surface area contributed by atoms with E-state index in [0.29, 0.717) is 6.42 Å². The minimum atomic E-state index is -4.34. The molecule has 0 radical (unpaired) electrons. The van der Waals surface area contributed by atoms with E-state index in [1.54, 1.807) is 6.08 Å². The van der Waals surface area contributed by atoms with E-state index in [0.717, 1.165) is 89.9 Å². The summed E-state index contributed by atoms with van der Waals surface area (Å²) in [6.07, 6.45) is 47.8. The number of amides is 1. The number of allylic oxidation sites excluding steroid dienone is 13. The third-order valence-electron chi connectivity index (χ3n) is 7.73. The summed E-state index contributed by atoms with van der Waals surface area (Å²) in [6, 6.07) is -0.877. The van der Waals surface area contributed by atoms with Crippen LogP contribution in [0.15, 0.2) is 85.1 Å². The van der Waals surface area contributed by atoms with E-state index in [1.807, 2.05) is 6.08 Å². The van der Waals surface area contributed by atoms with Gasteiger partial charge in [-0.1, -0.05) is 144 Å². The lowest BCUT2D eigenvalue weighted by Crippen LogP contribution is -2.45. The first kappa shape index (κ1) is 47.7.